The van der Waals surface area contributed by atoms with E-state index in [-0.39, 0.29) is 23.8 Å². The van der Waals surface area contributed by atoms with Crippen LogP contribution in [0.4, 0.5) is 0 Å². The quantitative estimate of drug-likeness (QED) is 0.809. The highest BCUT2D eigenvalue weighted by Crippen LogP contribution is 2.29. The van der Waals surface area contributed by atoms with Crippen molar-refractivity contribution >= 4 is 11.8 Å². The first-order valence-electron chi connectivity index (χ1n) is 7.29. The molecule has 1 heterocycles. The van der Waals surface area contributed by atoms with Crippen LogP contribution in [0, 0.1) is 5.92 Å². The molecular formula is C14H24N2O2. The lowest BCUT2D eigenvalue weighted by atomic mass is 10.0. The summed E-state index contributed by atoms with van der Waals surface area (Å²) >= 11 is 0. The molecule has 2 rings (SSSR count). The molecule has 2 fully saturated rings. The number of hydrogen-bond acceptors (Lipinski definition) is 2. The summed E-state index contributed by atoms with van der Waals surface area (Å²) in [5.74, 6) is 0.795. The van der Waals surface area contributed by atoms with Crippen molar-refractivity contribution in [3.63, 3.8) is 0 Å². The van der Waals surface area contributed by atoms with E-state index in [1.54, 1.807) is 0 Å². The van der Waals surface area contributed by atoms with Crippen molar-refractivity contribution < 1.29 is 9.59 Å². The molecule has 0 bridgehead atoms. The molecule has 0 unspecified atom stereocenters. The second-order valence-corrected chi connectivity index (χ2v) is 5.54. The molecule has 2 amide bonds. The Kier molecular flexibility index (Phi) is 4.61. The number of nitrogens with one attached hydrogen (secondary N) is 1. The average molecular weight is 252 g/mol. The van der Waals surface area contributed by atoms with Gasteiger partial charge in [-0.3, -0.25) is 9.59 Å². The van der Waals surface area contributed by atoms with E-state index in [9.17, 15) is 9.59 Å². The molecular weight excluding hydrogens is 228 g/mol. The van der Waals surface area contributed by atoms with E-state index < -0.39 is 0 Å². The maximum Gasteiger partial charge on any atom is 0.223 e. The summed E-state index contributed by atoms with van der Waals surface area (Å²) in [5.41, 5.74) is 0. The molecule has 18 heavy (non-hydrogen) atoms. The van der Waals surface area contributed by atoms with Crippen LogP contribution in [0.25, 0.3) is 0 Å². The van der Waals surface area contributed by atoms with Crippen molar-refractivity contribution in [2.45, 2.75) is 57.9 Å². The number of nitrogens with zero attached hydrogens (tertiary/aromatic N) is 1. The van der Waals surface area contributed by atoms with Crippen LogP contribution >= 0.6 is 0 Å². The Morgan fingerprint density at radius 1 is 1.17 bits per heavy atom. The molecule has 0 atom stereocenters. The van der Waals surface area contributed by atoms with E-state index in [0.717, 1.165) is 51.6 Å². The summed E-state index contributed by atoms with van der Waals surface area (Å²) in [5, 5.41) is 3.11. The van der Waals surface area contributed by atoms with Crippen LogP contribution in [0.1, 0.15) is 51.9 Å². The predicted molar refractivity (Wildman–Crippen MR) is 70.0 cm³/mol. The lowest BCUT2D eigenvalue weighted by molar-refractivity contribution is -0.132. The summed E-state index contributed by atoms with van der Waals surface area (Å²) in [6, 6.07) is 0.285. The molecule has 0 aromatic heterocycles. The Balaban J connectivity index is 1.67. The van der Waals surface area contributed by atoms with Gasteiger partial charge in [0.05, 0.1) is 0 Å². The predicted octanol–water partition coefficient (Wildman–Crippen LogP) is 1.69. The second-order valence-electron chi connectivity index (χ2n) is 5.54. The van der Waals surface area contributed by atoms with Gasteiger partial charge in [-0.15, -0.1) is 0 Å². The number of unbranched alkanes of at least 4 members (excludes halogenated alkanes) is 1. The molecule has 0 spiro atoms. The number of carbonyl (C=O) groups excluding carboxylic acids is 2. The minimum absolute atomic E-state index is 0.228. The zero-order chi connectivity index (χ0) is 13.0. The van der Waals surface area contributed by atoms with Crippen LogP contribution in [-0.2, 0) is 9.59 Å². The summed E-state index contributed by atoms with van der Waals surface area (Å²) in [6.07, 6.45) is 6.67. The van der Waals surface area contributed by atoms with E-state index >= 15 is 0 Å². The van der Waals surface area contributed by atoms with E-state index in [1.165, 1.54) is 0 Å². The molecule has 0 aromatic rings. The Labute approximate surface area is 109 Å². The molecule has 2 aliphatic rings. The number of piperidine rings is 1. The largest absolute Gasteiger partial charge is 0.353 e. The normalized spacial score (nSPS) is 20.8. The van der Waals surface area contributed by atoms with Gasteiger partial charge in [0.15, 0.2) is 0 Å². The number of carbonyl (C=O) groups is 2. The lowest BCUT2D eigenvalue weighted by Gasteiger charge is -2.32. The van der Waals surface area contributed by atoms with Gasteiger partial charge in [0.2, 0.25) is 11.8 Å². The number of hydrogen-bond donors (Lipinski definition) is 1. The third-order valence-electron chi connectivity index (χ3n) is 3.89. The highest BCUT2D eigenvalue weighted by molar-refractivity contribution is 5.81. The maximum absolute atomic E-state index is 11.8. The third kappa shape index (κ3) is 3.72. The number of likely N-dealkylation sites (tertiary alicyclic amines) is 1. The van der Waals surface area contributed by atoms with Gasteiger partial charge < -0.3 is 10.2 Å². The van der Waals surface area contributed by atoms with E-state index in [2.05, 4.69) is 12.2 Å². The van der Waals surface area contributed by atoms with Gasteiger partial charge in [-0.1, -0.05) is 13.3 Å². The summed E-state index contributed by atoms with van der Waals surface area (Å²) in [7, 11) is 0. The van der Waals surface area contributed by atoms with E-state index in [4.69, 9.17) is 0 Å². The monoisotopic (exact) mass is 252 g/mol. The summed E-state index contributed by atoms with van der Waals surface area (Å²) in [4.78, 5) is 25.4. The minimum atomic E-state index is 0.228. The van der Waals surface area contributed by atoms with Crippen LogP contribution < -0.4 is 5.32 Å². The molecule has 102 valence electrons. The highest BCUT2D eigenvalue weighted by Gasteiger charge is 2.32. The van der Waals surface area contributed by atoms with Gasteiger partial charge in [0, 0.05) is 31.5 Å². The number of rotatable bonds is 5. The Bertz CT molecular complexity index is 305. The van der Waals surface area contributed by atoms with Crippen molar-refractivity contribution in [3.05, 3.63) is 0 Å². The molecule has 4 nitrogen and oxygen atoms in total. The van der Waals surface area contributed by atoms with Crippen LogP contribution in [0.2, 0.25) is 0 Å². The third-order valence-corrected chi connectivity index (χ3v) is 3.89. The molecule has 1 saturated carbocycles. The second kappa shape index (κ2) is 6.21. The van der Waals surface area contributed by atoms with Crippen molar-refractivity contribution in [2.24, 2.45) is 5.92 Å². The summed E-state index contributed by atoms with van der Waals surface area (Å²) in [6.45, 7) is 3.71. The van der Waals surface area contributed by atoms with Gasteiger partial charge in [0.1, 0.15) is 0 Å². The molecule has 1 N–H and O–H groups in total. The van der Waals surface area contributed by atoms with Crippen LogP contribution in [0.3, 0.4) is 0 Å². The molecule has 0 radical (unpaired) electrons. The zero-order valence-corrected chi connectivity index (χ0v) is 11.3. The molecule has 4 heteroatoms. The SMILES string of the molecule is CCCCC(=O)N1CCC(NC(=O)C2CC2)CC1. The first kappa shape index (κ1) is 13.4. The smallest absolute Gasteiger partial charge is 0.223 e. The minimum Gasteiger partial charge on any atom is -0.353 e. The Morgan fingerprint density at radius 2 is 1.83 bits per heavy atom. The molecule has 1 aliphatic carbocycles. The van der Waals surface area contributed by atoms with Crippen LogP contribution in [0.15, 0.2) is 0 Å². The van der Waals surface area contributed by atoms with E-state index in [1.807, 2.05) is 4.90 Å². The average Bonchev–Trinajstić information content (AvgIpc) is 3.21. The van der Waals surface area contributed by atoms with Gasteiger partial charge in [0.25, 0.3) is 0 Å². The number of amides is 2. The van der Waals surface area contributed by atoms with Gasteiger partial charge in [-0.05, 0) is 32.1 Å². The van der Waals surface area contributed by atoms with Crippen LogP contribution in [0.5, 0.6) is 0 Å². The standard InChI is InChI=1S/C14H24N2O2/c1-2-3-4-13(17)16-9-7-12(8-10-16)15-14(18)11-5-6-11/h11-12H,2-10H2,1H3,(H,15,18). The Hall–Kier alpha value is -1.06. The van der Waals surface area contributed by atoms with Gasteiger partial charge in [-0.25, -0.2) is 0 Å². The maximum atomic E-state index is 11.8. The zero-order valence-electron chi connectivity index (χ0n) is 11.3. The topological polar surface area (TPSA) is 49.4 Å². The van der Waals surface area contributed by atoms with Crippen LogP contribution in [-0.4, -0.2) is 35.8 Å². The lowest BCUT2D eigenvalue weighted by Crippen LogP contribution is -2.46. The van der Waals surface area contributed by atoms with Crippen molar-refractivity contribution in [2.75, 3.05) is 13.1 Å². The first-order chi connectivity index (χ1) is 8.70. The first-order valence-corrected chi connectivity index (χ1v) is 7.29. The van der Waals surface area contributed by atoms with Crippen molar-refractivity contribution in [1.29, 1.82) is 0 Å². The molecule has 0 aromatic carbocycles. The fourth-order valence-corrected chi connectivity index (χ4v) is 2.42. The summed E-state index contributed by atoms with van der Waals surface area (Å²) < 4.78 is 0. The fourth-order valence-electron chi connectivity index (χ4n) is 2.42. The highest BCUT2D eigenvalue weighted by atomic mass is 16.2. The fraction of sp³-hybridized carbons (Fsp3) is 0.857. The van der Waals surface area contributed by atoms with Gasteiger partial charge >= 0.3 is 0 Å². The van der Waals surface area contributed by atoms with Crippen molar-refractivity contribution in [3.8, 4) is 0 Å². The molecule has 1 saturated heterocycles. The van der Waals surface area contributed by atoms with E-state index in [0.29, 0.717) is 6.42 Å². The Morgan fingerprint density at radius 3 is 2.39 bits per heavy atom. The van der Waals surface area contributed by atoms with Gasteiger partial charge in [-0.2, -0.15) is 0 Å². The molecule has 1 aliphatic heterocycles. The van der Waals surface area contributed by atoms with Crippen molar-refractivity contribution in [1.82, 2.24) is 10.2 Å².